The molecule has 1 aromatic carbocycles. The van der Waals surface area contributed by atoms with Crippen LogP contribution in [0.25, 0.3) is 0 Å². The van der Waals surface area contributed by atoms with E-state index in [-0.39, 0.29) is 10.6 Å². The van der Waals surface area contributed by atoms with Crippen molar-refractivity contribution in [3.05, 3.63) is 24.3 Å². The first kappa shape index (κ1) is 10.9. The molecule has 78 valence electrons. The highest BCUT2D eigenvalue weighted by molar-refractivity contribution is 7.91. The summed E-state index contributed by atoms with van der Waals surface area (Å²) in [6, 6.07) is 5.31. The molecule has 0 fully saturated rings. The molecule has 1 aromatic rings. The smallest absolute Gasteiger partial charge is 0.252 e. The highest BCUT2D eigenvalue weighted by Gasteiger charge is 2.20. The Bertz CT molecular complexity index is 417. The van der Waals surface area contributed by atoms with Crippen molar-refractivity contribution in [3.63, 3.8) is 0 Å². The van der Waals surface area contributed by atoms with E-state index in [1.54, 1.807) is 0 Å². The van der Waals surface area contributed by atoms with Crippen LogP contribution >= 0.6 is 0 Å². The van der Waals surface area contributed by atoms with E-state index in [4.69, 9.17) is 5.73 Å². The van der Waals surface area contributed by atoms with Gasteiger partial charge < -0.3 is 5.73 Å². The minimum atomic E-state index is -3.91. The van der Waals surface area contributed by atoms with Gasteiger partial charge in [0.25, 0.3) is 6.43 Å². The molecule has 0 aliphatic heterocycles. The van der Waals surface area contributed by atoms with Crippen LogP contribution in [0.4, 0.5) is 14.5 Å². The number of hydrogen-bond acceptors (Lipinski definition) is 3. The van der Waals surface area contributed by atoms with Gasteiger partial charge in [-0.25, -0.2) is 17.2 Å². The van der Waals surface area contributed by atoms with Gasteiger partial charge in [-0.2, -0.15) is 0 Å². The molecule has 0 aliphatic rings. The Morgan fingerprint density at radius 2 is 2.00 bits per heavy atom. The van der Waals surface area contributed by atoms with Gasteiger partial charge in [0.1, 0.15) is 5.75 Å². The first-order valence-corrected chi connectivity index (χ1v) is 5.43. The third-order valence-electron chi connectivity index (χ3n) is 1.56. The standard InChI is InChI=1S/C8H9F2NO2S/c9-8(10)5-14(12,13)7-3-1-2-6(11)4-7/h1-4,8H,5,11H2. The summed E-state index contributed by atoms with van der Waals surface area (Å²) in [5.41, 5.74) is 5.57. The fraction of sp³-hybridized carbons (Fsp3) is 0.250. The maximum absolute atomic E-state index is 11.9. The topological polar surface area (TPSA) is 60.2 Å². The summed E-state index contributed by atoms with van der Waals surface area (Å²) in [7, 11) is -3.91. The van der Waals surface area contributed by atoms with Crippen molar-refractivity contribution in [2.45, 2.75) is 11.3 Å². The molecule has 0 saturated heterocycles. The van der Waals surface area contributed by atoms with Crippen molar-refractivity contribution < 1.29 is 17.2 Å². The van der Waals surface area contributed by atoms with Crippen molar-refractivity contribution in [1.29, 1.82) is 0 Å². The molecule has 0 unspecified atom stereocenters. The Balaban J connectivity index is 3.05. The highest BCUT2D eigenvalue weighted by atomic mass is 32.2. The van der Waals surface area contributed by atoms with Crippen molar-refractivity contribution in [2.24, 2.45) is 0 Å². The van der Waals surface area contributed by atoms with Gasteiger partial charge in [0.2, 0.25) is 0 Å². The van der Waals surface area contributed by atoms with Crippen LogP contribution < -0.4 is 5.73 Å². The quantitative estimate of drug-likeness (QED) is 0.783. The second-order valence-electron chi connectivity index (χ2n) is 2.74. The average molecular weight is 221 g/mol. The lowest BCUT2D eigenvalue weighted by molar-refractivity contribution is 0.174. The first-order chi connectivity index (χ1) is 6.42. The average Bonchev–Trinajstić information content (AvgIpc) is 2.01. The van der Waals surface area contributed by atoms with Crippen LogP contribution in [0.3, 0.4) is 0 Å². The minimum absolute atomic E-state index is 0.169. The number of nitrogens with two attached hydrogens (primary N) is 1. The number of sulfone groups is 1. The first-order valence-electron chi connectivity index (χ1n) is 3.78. The number of benzene rings is 1. The van der Waals surface area contributed by atoms with Crippen LogP contribution in [0.5, 0.6) is 0 Å². The fourth-order valence-corrected chi connectivity index (χ4v) is 2.10. The Hall–Kier alpha value is -1.17. The van der Waals surface area contributed by atoms with Gasteiger partial charge in [0.05, 0.1) is 4.90 Å². The molecule has 0 aliphatic carbocycles. The molecule has 2 N–H and O–H groups in total. The lowest BCUT2D eigenvalue weighted by Crippen LogP contribution is -2.13. The summed E-state index contributed by atoms with van der Waals surface area (Å²) in [5, 5.41) is 0. The predicted molar refractivity (Wildman–Crippen MR) is 48.9 cm³/mol. The van der Waals surface area contributed by atoms with Crippen LogP contribution in [-0.2, 0) is 9.84 Å². The number of hydrogen-bond donors (Lipinski definition) is 1. The molecule has 0 aromatic heterocycles. The molecular weight excluding hydrogens is 212 g/mol. The summed E-state index contributed by atoms with van der Waals surface area (Å²) >= 11 is 0. The molecule has 0 radical (unpaired) electrons. The van der Waals surface area contributed by atoms with Crippen molar-refractivity contribution in [2.75, 3.05) is 11.5 Å². The van der Waals surface area contributed by atoms with Gasteiger partial charge in [-0.1, -0.05) is 6.07 Å². The van der Waals surface area contributed by atoms with Gasteiger partial charge in [-0.05, 0) is 18.2 Å². The molecule has 0 amide bonds. The van der Waals surface area contributed by atoms with Crippen LogP contribution in [0.2, 0.25) is 0 Å². The molecule has 0 saturated carbocycles. The van der Waals surface area contributed by atoms with Crippen molar-refractivity contribution in [1.82, 2.24) is 0 Å². The maximum Gasteiger partial charge on any atom is 0.252 e. The van der Waals surface area contributed by atoms with E-state index in [0.29, 0.717) is 0 Å². The molecule has 0 spiro atoms. The van der Waals surface area contributed by atoms with Crippen molar-refractivity contribution >= 4 is 15.5 Å². The van der Waals surface area contributed by atoms with Crippen LogP contribution in [0.15, 0.2) is 29.2 Å². The maximum atomic E-state index is 11.9. The summed E-state index contributed by atoms with van der Waals surface area (Å²) in [5.74, 6) is -1.17. The monoisotopic (exact) mass is 221 g/mol. The third-order valence-corrected chi connectivity index (χ3v) is 3.23. The number of anilines is 1. The van der Waals surface area contributed by atoms with E-state index < -0.39 is 22.0 Å². The zero-order chi connectivity index (χ0) is 10.8. The highest BCUT2D eigenvalue weighted by Crippen LogP contribution is 2.16. The van der Waals surface area contributed by atoms with Gasteiger partial charge in [-0.15, -0.1) is 0 Å². The van der Waals surface area contributed by atoms with E-state index in [9.17, 15) is 17.2 Å². The summed E-state index contributed by atoms with van der Waals surface area (Å²) in [6.07, 6.45) is -2.87. The summed E-state index contributed by atoms with van der Waals surface area (Å²) in [4.78, 5) is -0.169. The minimum Gasteiger partial charge on any atom is -0.399 e. The Kier molecular flexibility index (Phi) is 3.05. The molecule has 3 nitrogen and oxygen atoms in total. The second kappa shape index (κ2) is 3.91. The largest absolute Gasteiger partial charge is 0.399 e. The summed E-state index contributed by atoms with van der Waals surface area (Å²) in [6.45, 7) is 0. The molecular formula is C8H9F2NO2S. The predicted octanol–water partition coefficient (Wildman–Crippen LogP) is 1.31. The molecule has 14 heavy (non-hydrogen) atoms. The van der Waals surface area contributed by atoms with E-state index >= 15 is 0 Å². The number of nitrogen functional groups attached to an aromatic ring is 1. The molecule has 1 rings (SSSR count). The number of alkyl halides is 2. The number of rotatable bonds is 3. The lowest BCUT2D eigenvalue weighted by atomic mass is 10.3. The SMILES string of the molecule is Nc1cccc(S(=O)(=O)CC(F)F)c1. The van der Waals surface area contributed by atoms with Crippen LogP contribution in [0.1, 0.15) is 0 Å². The second-order valence-corrected chi connectivity index (χ2v) is 4.78. The molecule has 0 bridgehead atoms. The van der Waals surface area contributed by atoms with Gasteiger partial charge in [0.15, 0.2) is 9.84 Å². The Labute approximate surface area is 80.5 Å². The van der Waals surface area contributed by atoms with E-state index in [2.05, 4.69) is 0 Å². The van der Waals surface area contributed by atoms with Crippen molar-refractivity contribution in [3.8, 4) is 0 Å². The van der Waals surface area contributed by atoms with Gasteiger partial charge in [0, 0.05) is 5.69 Å². The lowest BCUT2D eigenvalue weighted by Gasteiger charge is -2.03. The Morgan fingerprint density at radius 3 is 2.50 bits per heavy atom. The third kappa shape index (κ3) is 2.66. The zero-order valence-corrected chi connectivity index (χ0v) is 7.97. The molecule has 0 atom stereocenters. The zero-order valence-electron chi connectivity index (χ0n) is 7.15. The van der Waals surface area contributed by atoms with Crippen LogP contribution in [0, 0.1) is 0 Å². The van der Waals surface area contributed by atoms with E-state index in [0.717, 1.165) is 6.07 Å². The fourth-order valence-electron chi connectivity index (χ4n) is 0.970. The van der Waals surface area contributed by atoms with Gasteiger partial charge in [-0.3, -0.25) is 0 Å². The Morgan fingerprint density at radius 1 is 1.36 bits per heavy atom. The normalized spacial score (nSPS) is 11.9. The molecule has 6 heteroatoms. The van der Waals surface area contributed by atoms with Crippen LogP contribution in [-0.4, -0.2) is 20.6 Å². The number of halogens is 2. The van der Waals surface area contributed by atoms with E-state index in [1.165, 1.54) is 18.2 Å². The van der Waals surface area contributed by atoms with Gasteiger partial charge >= 0.3 is 0 Å². The molecule has 0 heterocycles. The van der Waals surface area contributed by atoms with E-state index in [1.807, 2.05) is 0 Å². The summed E-state index contributed by atoms with van der Waals surface area (Å²) < 4.78 is 46.3.